The number of carbonyl (C=O) groups is 1. The monoisotopic (exact) mass is 320 g/mol. The van der Waals surface area contributed by atoms with Crippen LogP contribution in [0.3, 0.4) is 0 Å². The van der Waals surface area contributed by atoms with Crippen molar-refractivity contribution in [3.05, 3.63) is 35.9 Å². The molecule has 0 heterocycles. The minimum Gasteiger partial charge on any atom is -0.444 e. The van der Waals surface area contributed by atoms with Crippen LogP contribution in [0, 0.1) is 0 Å². The van der Waals surface area contributed by atoms with E-state index in [0.29, 0.717) is 6.54 Å². The van der Waals surface area contributed by atoms with Gasteiger partial charge in [0, 0.05) is 12.6 Å². The Balaban J connectivity index is 2.05. The van der Waals surface area contributed by atoms with Gasteiger partial charge in [0.15, 0.2) is 0 Å². The average Bonchev–Trinajstić information content (AvgIpc) is 2.39. The molecule has 0 spiro atoms. The number of benzene rings is 1. The van der Waals surface area contributed by atoms with Crippen molar-refractivity contribution in [1.82, 2.24) is 10.6 Å². The molecule has 0 saturated heterocycles. The van der Waals surface area contributed by atoms with Crippen LogP contribution in [0.25, 0.3) is 0 Å². The summed E-state index contributed by atoms with van der Waals surface area (Å²) >= 11 is 0. The van der Waals surface area contributed by atoms with Crippen LogP contribution in [0.1, 0.15) is 46.1 Å². The van der Waals surface area contributed by atoms with Crippen LogP contribution < -0.4 is 10.6 Å². The Morgan fingerprint density at radius 3 is 2.48 bits per heavy atom. The van der Waals surface area contributed by atoms with Crippen molar-refractivity contribution in [3.63, 3.8) is 0 Å². The normalized spacial score (nSPS) is 25.3. The molecule has 1 unspecified atom stereocenters. The molecule has 1 fully saturated rings. The van der Waals surface area contributed by atoms with Gasteiger partial charge >= 0.3 is 6.09 Å². The largest absolute Gasteiger partial charge is 0.444 e. The van der Waals surface area contributed by atoms with Crippen LogP contribution >= 0.6 is 0 Å². The fourth-order valence-corrected chi connectivity index (χ4v) is 2.93. The molecule has 5 heteroatoms. The quantitative estimate of drug-likeness (QED) is 0.780. The van der Waals surface area contributed by atoms with Crippen molar-refractivity contribution in [2.45, 2.75) is 63.8 Å². The Morgan fingerprint density at radius 1 is 1.35 bits per heavy atom. The molecule has 128 valence electrons. The summed E-state index contributed by atoms with van der Waals surface area (Å²) in [5.74, 6) is 0. The Bertz CT molecular complexity index is 517. The highest BCUT2D eigenvalue weighted by Crippen LogP contribution is 2.41. The highest BCUT2D eigenvalue weighted by molar-refractivity contribution is 5.69. The summed E-state index contributed by atoms with van der Waals surface area (Å²) in [6, 6.07) is 10.3. The number of ether oxygens (including phenoxy) is 1. The van der Waals surface area contributed by atoms with E-state index in [1.165, 1.54) is 0 Å². The first-order valence-corrected chi connectivity index (χ1v) is 8.18. The molecule has 0 aromatic heterocycles. The van der Waals surface area contributed by atoms with Crippen LogP contribution in [0.5, 0.6) is 0 Å². The Labute approximate surface area is 138 Å². The van der Waals surface area contributed by atoms with Gasteiger partial charge in [-0.2, -0.15) is 0 Å². The zero-order valence-electron chi connectivity index (χ0n) is 14.4. The van der Waals surface area contributed by atoms with E-state index < -0.39 is 17.2 Å². The van der Waals surface area contributed by atoms with Crippen molar-refractivity contribution in [1.29, 1.82) is 0 Å². The molecule has 0 aliphatic heterocycles. The lowest BCUT2D eigenvalue weighted by Crippen LogP contribution is -2.61. The fraction of sp³-hybridized carbons (Fsp3) is 0.611. The Hall–Kier alpha value is -1.59. The van der Waals surface area contributed by atoms with Crippen molar-refractivity contribution < 1.29 is 14.6 Å². The number of alkyl carbamates (subject to hydrolysis) is 1. The van der Waals surface area contributed by atoms with Crippen LogP contribution in [-0.4, -0.2) is 35.5 Å². The summed E-state index contributed by atoms with van der Waals surface area (Å²) < 4.78 is 5.41. The number of amides is 1. The van der Waals surface area contributed by atoms with E-state index in [4.69, 9.17) is 4.74 Å². The van der Waals surface area contributed by atoms with E-state index in [9.17, 15) is 9.90 Å². The number of aliphatic hydroxyl groups is 1. The second-order valence-corrected chi connectivity index (χ2v) is 7.44. The first-order valence-electron chi connectivity index (χ1n) is 8.18. The second kappa shape index (κ2) is 6.89. The third kappa shape index (κ3) is 4.94. The summed E-state index contributed by atoms with van der Waals surface area (Å²) in [7, 11) is 0. The molecular weight excluding hydrogens is 292 g/mol. The molecule has 1 saturated carbocycles. The van der Waals surface area contributed by atoms with E-state index in [-0.39, 0.29) is 12.1 Å². The SMILES string of the molecule is CC(O)CNC1CC(NC(=O)OC(C)(C)C)(c2ccccc2)C1. The first kappa shape index (κ1) is 17.8. The summed E-state index contributed by atoms with van der Waals surface area (Å²) in [5, 5.41) is 15.8. The lowest BCUT2D eigenvalue weighted by molar-refractivity contribution is 0.0315. The predicted molar refractivity (Wildman–Crippen MR) is 90.2 cm³/mol. The predicted octanol–water partition coefficient (Wildman–Crippen LogP) is 2.54. The number of nitrogens with one attached hydrogen (secondary N) is 2. The number of hydrogen-bond donors (Lipinski definition) is 3. The highest BCUT2D eigenvalue weighted by Gasteiger charge is 2.47. The standard InChI is InChI=1S/C18H28N2O3/c1-13(21)12-19-15-10-18(11-15,14-8-6-5-7-9-14)20-16(22)23-17(2,3)4/h5-9,13,15,19,21H,10-12H2,1-4H3,(H,20,22). The van der Waals surface area contributed by atoms with Crippen molar-refractivity contribution in [3.8, 4) is 0 Å². The van der Waals surface area contributed by atoms with Crippen LogP contribution in [0.4, 0.5) is 4.79 Å². The smallest absolute Gasteiger partial charge is 0.408 e. The molecule has 1 aromatic carbocycles. The van der Waals surface area contributed by atoms with Crippen molar-refractivity contribution in [2.24, 2.45) is 0 Å². The summed E-state index contributed by atoms with van der Waals surface area (Å²) in [6.45, 7) is 7.89. The number of rotatable bonds is 5. The molecule has 1 amide bonds. The topological polar surface area (TPSA) is 70.6 Å². The van der Waals surface area contributed by atoms with Gasteiger partial charge in [-0.25, -0.2) is 4.79 Å². The maximum atomic E-state index is 12.2. The molecule has 1 aromatic rings. The van der Waals surface area contributed by atoms with E-state index in [0.717, 1.165) is 18.4 Å². The zero-order chi connectivity index (χ0) is 17.1. The fourth-order valence-electron chi connectivity index (χ4n) is 2.93. The Kier molecular flexibility index (Phi) is 5.32. The highest BCUT2D eigenvalue weighted by atomic mass is 16.6. The number of aliphatic hydroxyl groups excluding tert-OH is 1. The number of hydrogen-bond acceptors (Lipinski definition) is 4. The molecule has 1 atom stereocenters. The van der Waals surface area contributed by atoms with E-state index in [1.807, 2.05) is 51.1 Å². The minimum atomic E-state index is -0.518. The van der Waals surface area contributed by atoms with Gasteiger partial charge in [0.2, 0.25) is 0 Å². The summed E-state index contributed by atoms with van der Waals surface area (Å²) in [6.07, 6.45) is 0.794. The van der Waals surface area contributed by atoms with Crippen molar-refractivity contribution in [2.75, 3.05) is 6.54 Å². The van der Waals surface area contributed by atoms with E-state index in [2.05, 4.69) is 10.6 Å². The molecule has 0 radical (unpaired) electrons. The van der Waals surface area contributed by atoms with Crippen LogP contribution in [-0.2, 0) is 10.3 Å². The second-order valence-electron chi connectivity index (χ2n) is 7.44. The molecule has 0 bridgehead atoms. The minimum absolute atomic E-state index is 0.278. The third-order valence-corrected chi connectivity index (χ3v) is 3.96. The molecule has 23 heavy (non-hydrogen) atoms. The van der Waals surface area contributed by atoms with Gasteiger partial charge < -0.3 is 20.5 Å². The van der Waals surface area contributed by atoms with Crippen LogP contribution in [0.2, 0.25) is 0 Å². The van der Waals surface area contributed by atoms with E-state index >= 15 is 0 Å². The molecular formula is C18H28N2O3. The Morgan fingerprint density at radius 2 is 1.96 bits per heavy atom. The van der Waals surface area contributed by atoms with Crippen molar-refractivity contribution >= 4 is 6.09 Å². The molecule has 3 N–H and O–H groups in total. The van der Waals surface area contributed by atoms with Gasteiger partial charge in [-0.1, -0.05) is 30.3 Å². The van der Waals surface area contributed by atoms with Gasteiger partial charge in [-0.3, -0.25) is 0 Å². The molecule has 1 aliphatic carbocycles. The summed E-state index contributed by atoms with van der Waals surface area (Å²) in [4.78, 5) is 12.2. The van der Waals surface area contributed by atoms with Gasteiger partial charge in [-0.15, -0.1) is 0 Å². The summed E-state index contributed by atoms with van der Waals surface area (Å²) in [5.41, 5.74) is 0.163. The van der Waals surface area contributed by atoms with Gasteiger partial charge in [0.05, 0.1) is 11.6 Å². The van der Waals surface area contributed by atoms with E-state index in [1.54, 1.807) is 6.92 Å². The van der Waals surface area contributed by atoms with Gasteiger partial charge in [-0.05, 0) is 46.1 Å². The van der Waals surface area contributed by atoms with Gasteiger partial charge in [0.1, 0.15) is 5.60 Å². The molecule has 1 aliphatic rings. The number of carbonyl (C=O) groups excluding carboxylic acids is 1. The molecule has 2 rings (SSSR count). The lowest BCUT2D eigenvalue weighted by Gasteiger charge is -2.49. The maximum absolute atomic E-state index is 12.2. The van der Waals surface area contributed by atoms with Crippen LogP contribution in [0.15, 0.2) is 30.3 Å². The third-order valence-electron chi connectivity index (χ3n) is 3.96. The average molecular weight is 320 g/mol. The lowest BCUT2D eigenvalue weighted by atomic mass is 9.68. The molecule has 5 nitrogen and oxygen atoms in total. The maximum Gasteiger partial charge on any atom is 0.408 e. The van der Waals surface area contributed by atoms with Gasteiger partial charge in [0.25, 0.3) is 0 Å². The zero-order valence-corrected chi connectivity index (χ0v) is 14.4. The first-order chi connectivity index (χ1) is 10.7.